The van der Waals surface area contributed by atoms with E-state index in [0.29, 0.717) is 5.57 Å². The lowest BCUT2D eigenvalue weighted by molar-refractivity contribution is -0.139. The molecular weight excluding hydrogens is 188 g/mol. The van der Waals surface area contributed by atoms with Crippen molar-refractivity contribution in [2.75, 3.05) is 6.61 Å². The molecule has 2 nitrogen and oxygen atoms in total. The molecular formula is C13H12O2. The summed E-state index contributed by atoms with van der Waals surface area (Å²) in [4.78, 5) is 10.5. The molecule has 0 radical (unpaired) electrons. The Bertz CT molecular complexity index is 407. The van der Waals surface area contributed by atoms with Crippen molar-refractivity contribution >= 4 is 5.97 Å². The molecule has 0 saturated carbocycles. The molecule has 0 aliphatic carbocycles. The minimum atomic E-state index is -0.322. The average molecular weight is 200 g/mol. The fourth-order valence-corrected chi connectivity index (χ4v) is 0.907. The van der Waals surface area contributed by atoms with Crippen LogP contribution in [-0.4, -0.2) is 12.6 Å². The Hall–Kier alpha value is -2.01. The zero-order valence-electron chi connectivity index (χ0n) is 8.62. The monoisotopic (exact) mass is 200 g/mol. The smallest absolute Gasteiger partial charge is 0.302 e. The molecule has 76 valence electrons. The van der Waals surface area contributed by atoms with E-state index in [1.807, 2.05) is 30.3 Å². The molecule has 1 rings (SSSR count). The van der Waals surface area contributed by atoms with E-state index < -0.39 is 0 Å². The van der Waals surface area contributed by atoms with Gasteiger partial charge in [-0.1, -0.05) is 36.6 Å². The van der Waals surface area contributed by atoms with Crippen molar-refractivity contribution in [2.45, 2.75) is 6.92 Å². The fraction of sp³-hybridized carbons (Fsp3) is 0.154. The van der Waals surface area contributed by atoms with Gasteiger partial charge in [0, 0.05) is 18.1 Å². The van der Waals surface area contributed by atoms with Crippen LogP contribution in [0.15, 0.2) is 42.5 Å². The van der Waals surface area contributed by atoms with Gasteiger partial charge in [0.05, 0.1) is 0 Å². The third-order valence-electron chi connectivity index (χ3n) is 1.61. The van der Waals surface area contributed by atoms with Crippen LogP contribution >= 0.6 is 0 Å². The summed E-state index contributed by atoms with van der Waals surface area (Å²) in [5.41, 5.74) is 1.51. The van der Waals surface area contributed by atoms with Crippen LogP contribution in [0.5, 0.6) is 0 Å². The summed E-state index contributed by atoms with van der Waals surface area (Å²) in [7, 11) is 0. The van der Waals surface area contributed by atoms with Crippen LogP contribution in [-0.2, 0) is 9.53 Å². The number of hydrogen-bond acceptors (Lipinski definition) is 2. The standard InChI is InChI=1S/C13H12O2/c1-11(10-15-12(2)14)8-9-13-6-4-3-5-7-13/h3-7H,1,10H2,2H3. The average Bonchev–Trinajstić information content (AvgIpc) is 2.25. The van der Waals surface area contributed by atoms with Crippen LogP contribution in [0.4, 0.5) is 0 Å². The lowest BCUT2D eigenvalue weighted by atomic mass is 10.2. The first-order chi connectivity index (χ1) is 7.18. The van der Waals surface area contributed by atoms with Gasteiger partial charge in [0.2, 0.25) is 0 Å². The van der Waals surface area contributed by atoms with E-state index in [0.717, 1.165) is 5.56 Å². The maximum absolute atomic E-state index is 10.5. The molecule has 0 atom stereocenters. The van der Waals surface area contributed by atoms with E-state index in [2.05, 4.69) is 18.4 Å². The number of carbonyl (C=O) groups is 1. The Balaban J connectivity index is 2.51. The molecule has 0 spiro atoms. The van der Waals surface area contributed by atoms with Crippen LogP contribution in [0.2, 0.25) is 0 Å². The molecule has 1 aromatic rings. The fourth-order valence-electron chi connectivity index (χ4n) is 0.907. The van der Waals surface area contributed by atoms with Crippen LogP contribution < -0.4 is 0 Å². The third kappa shape index (κ3) is 4.68. The first-order valence-electron chi connectivity index (χ1n) is 4.56. The van der Waals surface area contributed by atoms with Gasteiger partial charge in [-0.3, -0.25) is 4.79 Å². The van der Waals surface area contributed by atoms with E-state index in [9.17, 15) is 4.79 Å². The molecule has 0 fully saturated rings. The van der Waals surface area contributed by atoms with Crippen molar-refractivity contribution < 1.29 is 9.53 Å². The molecule has 1 aromatic carbocycles. The summed E-state index contributed by atoms with van der Waals surface area (Å²) < 4.78 is 4.75. The highest BCUT2D eigenvalue weighted by Crippen LogP contribution is 1.96. The van der Waals surface area contributed by atoms with E-state index in [1.165, 1.54) is 6.92 Å². The molecule has 0 amide bonds. The molecule has 2 heteroatoms. The second-order valence-electron chi connectivity index (χ2n) is 3.00. The van der Waals surface area contributed by atoms with E-state index >= 15 is 0 Å². The maximum atomic E-state index is 10.5. The summed E-state index contributed by atoms with van der Waals surface area (Å²) >= 11 is 0. The highest BCUT2D eigenvalue weighted by Gasteiger charge is 1.93. The minimum Gasteiger partial charge on any atom is -0.460 e. The number of esters is 1. The van der Waals surface area contributed by atoms with Gasteiger partial charge in [0.15, 0.2) is 0 Å². The van der Waals surface area contributed by atoms with Crippen LogP contribution in [0, 0.1) is 11.8 Å². The number of benzene rings is 1. The molecule has 0 bridgehead atoms. The van der Waals surface area contributed by atoms with E-state index in [4.69, 9.17) is 4.74 Å². The van der Waals surface area contributed by atoms with Gasteiger partial charge in [0.1, 0.15) is 6.61 Å². The predicted molar refractivity (Wildman–Crippen MR) is 59.1 cm³/mol. The molecule has 0 aromatic heterocycles. The molecule has 0 N–H and O–H groups in total. The van der Waals surface area contributed by atoms with Crippen LogP contribution in [0.1, 0.15) is 12.5 Å². The minimum absolute atomic E-state index is 0.162. The predicted octanol–water partition coefficient (Wildman–Crippen LogP) is 2.16. The Labute approximate surface area is 89.6 Å². The molecule has 0 aliphatic heterocycles. The highest BCUT2D eigenvalue weighted by atomic mass is 16.5. The topological polar surface area (TPSA) is 26.3 Å². The Morgan fingerprint density at radius 1 is 1.40 bits per heavy atom. The lowest BCUT2D eigenvalue weighted by Crippen LogP contribution is -2.01. The van der Waals surface area contributed by atoms with Crippen molar-refractivity contribution in [1.29, 1.82) is 0 Å². The first kappa shape index (κ1) is 11.1. The number of ether oxygens (including phenoxy) is 1. The second-order valence-corrected chi connectivity index (χ2v) is 3.00. The summed E-state index contributed by atoms with van der Waals surface area (Å²) in [6.45, 7) is 5.21. The van der Waals surface area contributed by atoms with Crippen molar-refractivity contribution in [3.05, 3.63) is 48.0 Å². The maximum Gasteiger partial charge on any atom is 0.302 e. The van der Waals surface area contributed by atoms with Crippen LogP contribution in [0.3, 0.4) is 0 Å². The quantitative estimate of drug-likeness (QED) is 0.540. The Kier molecular flexibility index (Phi) is 4.18. The SMILES string of the molecule is C=C(C#Cc1ccccc1)COC(C)=O. The normalized spacial score (nSPS) is 8.60. The first-order valence-corrected chi connectivity index (χ1v) is 4.56. The van der Waals surface area contributed by atoms with Crippen molar-refractivity contribution in [1.82, 2.24) is 0 Å². The van der Waals surface area contributed by atoms with Crippen molar-refractivity contribution in [3.8, 4) is 11.8 Å². The van der Waals surface area contributed by atoms with Gasteiger partial charge in [-0.15, -0.1) is 0 Å². The van der Waals surface area contributed by atoms with Gasteiger partial charge in [-0.05, 0) is 12.1 Å². The van der Waals surface area contributed by atoms with E-state index in [1.54, 1.807) is 0 Å². The molecule has 0 unspecified atom stereocenters. The van der Waals surface area contributed by atoms with Gasteiger partial charge in [-0.2, -0.15) is 0 Å². The summed E-state index contributed by atoms with van der Waals surface area (Å²) in [5.74, 6) is 5.44. The summed E-state index contributed by atoms with van der Waals surface area (Å²) in [6, 6.07) is 9.58. The Morgan fingerprint density at radius 2 is 2.07 bits per heavy atom. The Morgan fingerprint density at radius 3 is 2.67 bits per heavy atom. The van der Waals surface area contributed by atoms with Crippen molar-refractivity contribution in [2.24, 2.45) is 0 Å². The molecule has 0 aliphatic rings. The van der Waals surface area contributed by atoms with E-state index in [-0.39, 0.29) is 12.6 Å². The second kappa shape index (κ2) is 5.66. The lowest BCUT2D eigenvalue weighted by Gasteiger charge is -1.97. The van der Waals surface area contributed by atoms with Gasteiger partial charge >= 0.3 is 5.97 Å². The molecule has 15 heavy (non-hydrogen) atoms. The van der Waals surface area contributed by atoms with Crippen LogP contribution in [0.25, 0.3) is 0 Å². The zero-order chi connectivity index (χ0) is 11.1. The molecule has 0 heterocycles. The van der Waals surface area contributed by atoms with Crippen molar-refractivity contribution in [3.63, 3.8) is 0 Å². The zero-order valence-corrected chi connectivity index (χ0v) is 8.62. The summed E-state index contributed by atoms with van der Waals surface area (Å²) in [5, 5.41) is 0. The van der Waals surface area contributed by atoms with Gasteiger partial charge < -0.3 is 4.74 Å². The van der Waals surface area contributed by atoms with Gasteiger partial charge in [0.25, 0.3) is 0 Å². The molecule has 0 saturated heterocycles. The number of carbonyl (C=O) groups excluding carboxylic acids is 1. The number of rotatable bonds is 2. The largest absolute Gasteiger partial charge is 0.460 e. The number of hydrogen-bond donors (Lipinski definition) is 0. The summed E-state index contributed by atoms with van der Waals surface area (Å²) in [6.07, 6.45) is 0. The highest BCUT2D eigenvalue weighted by molar-refractivity contribution is 5.66. The third-order valence-corrected chi connectivity index (χ3v) is 1.61. The van der Waals surface area contributed by atoms with Gasteiger partial charge in [-0.25, -0.2) is 0 Å².